The number of anilines is 2. The maximum Gasteiger partial charge on any atom is 0.0725 e. The number of aromatic nitrogens is 1. The Hall–Kier alpha value is -7.16. The van der Waals surface area contributed by atoms with Crippen LogP contribution in [0.4, 0.5) is 11.4 Å². The Kier molecular flexibility index (Phi) is 8.16. The summed E-state index contributed by atoms with van der Waals surface area (Å²) in [5, 5.41) is 5.91. The van der Waals surface area contributed by atoms with Gasteiger partial charge in [0.05, 0.1) is 16.3 Å². The molecular weight excluding hydrogens is 689 g/mol. The molecule has 2 nitrogen and oxygen atoms in total. The predicted octanol–water partition coefficient (Wildman–Crippen LogP) is 12.6. The molecule has 1 spiro atoms. The molecule has 0 fully saturated rings. The van der Waals surface area contributed by atoms with E-state index in [0.717, 1.165) is 39.2 Å². The predicted molar refractivity (Wildman–Crippen MR) is 242 cm³/mol. The first kappa shape index (κ1) is 34.3. The van der Waals surface area contributed by atoms with Crippen molar-refractivity contribution in [2.75, 3.05) is 4.90 Å². The molecule has 0 saturated heterocycles. The van der Waals surface area contributed by atoms with Crippen molar-refractivity contribution in [3.63, 3.8) is 0 Å². The van der Waals surface area contributed by atoms with E-state index in [9.17, 15) is 0 Å². The monoisotopic (exact) mass is 730 g/mol. The van der Waals surface area contributed by atoms with Crippen molar-refractivity contribution in [3.8, 4) is 16.8 Å². The molecule has 0 unspecified atom stereocenters. The van der Waals surface area contributed by atoms with Crippen LogP contribution in [0.1, 0.15) is 36.1 Å². The highest BCUT2D eigenvalue weighted by atomic mass is 15.1. The highest BCUT2D eigenvalue weighted by Crippen LogP contribution is 2.63. The number of para-hydroxylation sites is 1. The Morgan fingerprint density at radius 1 is 0.614 bits per heavy atom. The highest BCUT2D eigenvalue weighted by Gasteiger charge is 2.52. The first-order valence-electron chi connectivity index (χ1n) is 19.7. The van der Waals surface area contributed by atoms with Crippen molar-refractivity contribution in [2.45, 2.75) is 19.3 Å². The van der Waals surface area contributed by atoms with Gasteiger partial charge in [-0.1, -0.05) is 159 Å². The summed E-state index contributed by atoms with van der Waals surface area (Å²) >= 11 is 0. The van der Waals surface area contributed by atoms with Gasteiger partial charge in [-0.2, -0.15) is 0 Å². The fourth-order valence-electron chi connectivity index (χ4n) is 9.68. The molecule has 272 valence electrons. The Labute approximate surface area is 334 Å². The number of nitrogens with zero attached hydrogens (tertiary/aromatic N) is 2. The molecule has 2 aliphatic carbocycles. The summed E-state index contributed by atoms with van der Waals surface area (Å²) in [6, 6.07) is 59.5. The van der Waals surface area contributed by atoms with E-state index in [1.54, 1.807) is 0 Å². The van der Waals surface area contributed by atoms with Gasteiger partial charge in [-0.05, 0) is 118 Å². The van der Waals surface area contributed by atoms with Gasteiger partial charge in [-0.3, -0.25) is 0 Å². The lowest BCUT2D eigenvalue weighted by Gasteiger charge is -2.31. The topological polar surface area (TPSA) is 8.17 Å². The van der Waals surface area contributed by atoms with Gasteiger partial charge in [0.15, 0.2) is 0 Å². The average molecular weight is 731 g/mol. The van der Waals surface area contributed by atoms with E-state index < -0.39 is 5.41 Å². The van der Waals surface area contributed by atoms with E-state index in [2.05, 4.69) is 218 Å². The molecule has 57 heavy (non-hydrogen) atoms. The van der Waals surface area contributed by atoms with Crippen molar-refractivity contribution in [2.24, 2.45) is 0 Å². The minimum absolute atomic E-state index is 0.466. The first-order chi connectivity index (χ1) is 28.0. The van der Waals surface area contributed by atoms with E-state index in [4.69, 9.17) is 6.58 Å². The Morgan fingerprint density at radius 3 is 1.88 bits per heavy atom. The molecule has 0 bridgehead atoms. The second-order valence-electron chi connectivity index (χ2n) is 15.0. The van der Waals surface area contributed by atoms with E-state index in [-0.39, 0.29) is 0 Å². The number of benzene rings is 7. The lowest BCUT2D eigenvalue weighted by atomic mass is 9.70. The molecule has 0 N–H and O–H groups in total. The van der Waals surface area contributed by atoms with Gasteiger partial charge in [0.1, 0.15) is 0 Å². The molecule has 0 amide bonds. The normalized spacial score (nSPS) is 15.4. The second-order valence-corrected chi connectivity index (χ2v) is 15.0. The van der Waals surface area contributed by atoms with Gasteiger partial charge >= 0.3 is 0 Å². The van der Waals surface area contributed by atoms with Crippen LogP contribution in [-0.2, 0) is 5.41 Å². The van der Waals surface area contributed by atoms with Crippen molar-refractivity contribution in [1.29, 1.82) is 0 Å². The largest absolute Gasteiger partial charge is 0.314 e. The summed E-state index contributed by atoms with van der Waals surface area (Å²) in [5.74, 6) is 0. The lowest BCUT2D eigenvalue weighted by molar-refractivity contribution is 0.794. The third kappa shape index (κ3) is 5.11. The van der Waals surface area contributed by atoms with Gasteiger partial charge < -0.3 is 9.47 Å². The van der Waals surface area contributed by atoms with Gasteiger partial charge in [0.25, 0.3) is 0 Å². The second kappa shape index (κ2) is 13.5. The molecule has 1 aromatic heterocycles. The average Bonchev–Trinajstić information content (AvgIpc) is 3.83. The first-order valence-corrected chi connectivity index (χ1v) is 19.7. The summed E-state index contributed by atoms with van der Waals surface area (Å²) in [6.07, 6.45) is 10.8. The quantitative estimate of drug-likeness (QED) is 0.165. The lowest BCUT2D eigenvalue weighted by Crippen LogP contribution is -2.27. The minimum atomic E-state index is -0.466. The van der Waals surface area contributed by atoms with E-state index in [0.29, 0.717) is 0 Å². The molecule has 0 radical (unpaired) electrons. The zero-order valence-electron chi connectivity index (χ0n) is 32.3. The van der Waals surface area contributed by atoms with Crippen LogP contribution in [0, 0.1) is 0 Å². The zero-order chi connectivity index (χ0) is 38.7. The van der Waals surface area contributed by atoms with Gasteiger partial charge in [0, 0.05) is 33.4 Å². The smallest absolute Gasteiger partial charge is 0.0725 e. The Balaban J connectivity index is 1.22. The zero-order valence-corrected chi connectivity index (χ0v) is 32.3. The Morgan fingerprint density at radius 2 is 1.19 bits per heavy atom. The van der Waals surface area contributed by atoms with Crippen LogP contribution < -0.4 is 15.5 Å². The van der Waals surface area contributed by atoms with Gasteiger partial charge in [-0.15, -0.1) is 0 Å². The fraction of sp³-hybridized carbons (Fsp3) is 0.0545. The number of rotatable bonds is 6. The maximum absolute atomic E-state index is 4.79. The minimum Gasteiger partial charge on any atom is -0.314 e. The van der Waals surface area contributed by atoms with E-state index in [1.165, 1.54) is 60.3 Å². The van der Waals surface area contributed by atoms with E-state index >= 15 is 0 Å². The maximum atomic E-state index is 4.79. The van der Waals surface area contributed by atoms with Gasteiger partial charge in [-0.25, -0.2) is 0 Å². The van der Waals surface area contributed by atoms with Gasteiger partial charge in [0.2, 0.25) is 0 Å². The number of fused-ring (bicyclic) bond motifs is 9. The number of hydrogen-bond donors (Lipinski definition) is 0. The molecule has 0 saturated carbocycles. The molecule has 7 aromatic carbocycles. The molecule has 8 aromatic rings. The molecular formula is C55H42N2. The van der Waals surface area contributed by atoms with Crippen LogP contribution in [0.25, 0.3) is 56.2 Å². The standard InChI is InChI=1S/C55H42N2/c1-5-18-53-44(6-2)48-33-32-43(36-54(48)57(53)41-21-8-7-9-22-41)56(42-31-30-39-19-10-11-20-40(39)35-42)37(3)29-34-49-38(4)45-23-12-15-26-50(45)55(49)51-27-16-13-24-46(51)47-25-14-17-28-52(47)55/h5-36H,1,4H2,2-3H3/b37-29+,44-6-,49-34+,53-18+. The van der Waals surface area contributed by atoms with Crippen LogP contribution in [0.3, 0.4) is 0 Å². The Bertz CT molecular complexity index is 3090. The summed E-state index contributed by atoms with van der Waals surface area (Å²) in [7, 11) is 0. The molecule has 0 aliphatic heterocycles. The van der Waals surface area contributed by atoms with E-state index in [1.807, 2.05) is 6.08 Å². The van der Waals surface area contributed by atoms with Crippen LogP contribution in [0.5, 0.6) is 0 Å². The summed E-state index contributed by atoms with van der Waals surface area (Å²) in [6.45, 7) is 13.2. The highest BCUT2D eigenvalue weighted by molar-refractivity contribution is 5.99. The molecule has 0 atom stereocenters. The van der Waals surface area contributed by atoms with Crippen LogP contribution in [0.15, 0.2) is 206 Å². The molecule has 2 heteroatoms. The third-order valence-corrected chi connectivity index (χ3v) is 12.0. The molecule has 2 aliphatic rings. The number of allylic oxidation sites excluding steroid dienone is 6. The van der Waals surface area contributed by atoms with Crippen molar-refractivity contribution < 1.29 is 0 Å². The van der Waals surface area contributed by atoms with Crippen LogP contribution in [0.2, 0.25) is 0 Å². The van der Waals surface area contributed by atoms with Crippen molar-refractivity contribution in [3.05, 3.63) is 239 Å². The number of hydrogen-bond acceptors (Lipinski definition) is 1. The molecule has 10 rings (SSSR count). The summed E-state index contributed by atoms with van der Waals surface area (Å²) in [4.78, 5) is 2.39. The van der Waals surface area contributed by atoms with Crippen LogP contribution in [-0.4, -0.2) is 4.57 Å². The van der Waals surface area contributed by atoms with Crippen LogP contribution >= 0.6 is 0 Å². The SMILES string of the molecule is C=C/C=c1\c(=C/C)c2ccc(N(/C(C)=C/C=C3\C(=C)c4ccccc4C34c3ccccc3-c3ccccc34)c3ccc4ccccc4c3)cc2n1-c1ccccc1. The third-order valence-electron chi connectivity index (χ3n) is 12.0. The van der Waals surface area contributed by atoms with Crippen molar-refractivity contribution >= 4 is 50.8 Å². The fourth-order valence-corrected chi connectivity index (χ4v) is 9.68. The summed E-state index contributed by atoms with van der Waals surface area (Å²) < 4.78 is 2.36. The molecule has 1 heterocycles. The van der Waals surface area contributed by atoms with Crippen molar-refractivity contribution in [1.82, 2.24) is 4.57 Å². The summed E-state index contributed by atoms with van der Waals surface area (Å²) in [5.41, 5.74) is 15.0.